The fraction of sp³-hybridized carbons (Fsp3) is 0.167. The first-order valence-corrected chi connectivity index (χ1v) is 5.11. The molecule has 0 fully saturated rings. The van der Waals surface area contributed by atoms with E-state index in [1.165, 1.54) is 0 Å². The van der Waals surface area contributed by atoms with Crippen molar-refractivity contribution >= 4 is 16.9 Å². The summed E-state index contributed by atoms with van der Waals surface area (Å²) in [6.45, 7) is 3.92. The molecule has 0 aliphatic rings. The number of aromatic amines is 1. The lowest BCUT2D eigenvalue weighted by Crippen LogP contribution is -2.22. The van der Waals surface area contributed by atoms with Gasteiger partial charge in [0.05, 0.1) is 17.6 Å². The zero-order valence-corrected chi connectivity index (χ0v) is 8.86. The minimum atomic E-state index is -0.0459. The van der Waals surface area contributed by atoms with Gasteiger partial charge in [0.1, 0.15) is 5.82 Å². The lowest BCUT2D eigenvalue weighted by molar-refractivity contribution is -0.120. The topological polar surface area (TPSA) is 57.8 Å². The summed E-state index contributed by atoms with van der Waals surface area (Å²) < 4.78 is 0. The molecule has 1 heterocycles. The highest BCUT2D eigenvalue weighted by atomic mass is 16.1. The molecule has 2 N–H and O–H groups in total. The van der Waals surface area contributed by atoms with E-state index in [9.17, 15) is 4.79 Å². The van der Waals surface area contributed by atoms with Crippen LogP contribution in [0.3, 0.4) is 0 Å². The summed E-state index contributed by atoms with van der Waals surface area (Å²) in [6.07, 6.45) is 1.91. The van der Waals surface area contributed by atoms with Crippen LogP contribution in [-0.2, 0) is 11.3 Å². The van der Waals surface area contributed by atoms with Gasteiger partial charge in [-0.25, -0.2) is 4.98 Å². The molecule has 1 aromatic heterocycles. The molecule has 0 saturated heterocycles. The number of hydrogen-bond acceptors (Lipinski definition) is 2. The molecule has 1 amide bonds. The maximum absolute atomic E-state index is 11.2. The van der Waals surface area contributed by atoms with Gasteiger partial charge in [-0.05, 0) is 12.1 Å². The Morgan fingerprint density at radius 1 is 1.50 bits per heavy atom. The van der Waals surface area contributed by atoms with Crippen molar-refractivity contribution in [1.29, 1.82) is 0 Å². The van der Waals surface area contributed by atoms with Crippen molar-refractivity contribution in [2.75, 3.05) is 0 Å². The van der Waals surface area contributed by atoms with Crippen molar-refractivity contribution in [2.45, 2.75) is 13.0 Å². The van der Waals surface area contributed by atoms with Crippen LogP contribution >= 0.6 is 0 Å². The molecule has 82 valence electrons. The van der Waals surface area contributed by atoms with Gasteiger partial charge >= 0.3 is 0 Å². The number of H-pyrrole nitrogens is 1. The van der Waals surface area contributed by atoms with Crippen LogP contribution in [0.5, 0.6) is 0 Å². The smallest absolute Gasteiger partial charge is 0.224 e. The number of hydrogen-bond donors (Lipinski definition) is 2. The highest BCUT2D eigenvalue weighted by Crippen LogP contribution is 2.09. The molecule has 2 aromatic rings. The van der Waals surface area contributed by atoms with E-state index < -0.39 is 0 Å². The van der Waals surface area contributed by atoms with Gasteiger partial charge in [0.25, 0.3) is 0 Å². The summed E-state index contributed by atoms with van der Waals surface area (Å²) in [6, 6.07) is 7.77. The maximum Gasteiger partial charge on any atom is 0.224 e. The normalized spacial score (nSPS) is 10.2. The van der Waals surface area contributed by atoms with Crippen molar-refractivity contribution in [1.82, 2.24) is 15.3 Å². The van der Waals surface area contributed by atoms with Crippen LogP contribution in [0, 0.1) is 0 Å². The van der Waals surface area contributed by atoms with E-state index in [-0.39, 0.29) is 5.91 Å². The Bertz CT molecular complexity index is 483. The molecule has 0 aliphatic heterocycles. The number of rotatable bonds is 4. The lowest BCUT2D eigenvalue weighted by Gasteiger charge is -1.99. The van der Waals surface area contributed by atoms with Crippen LogP contribution in [-0.4, -0.2) is 15.9 Å². The molecule has 1 aromatic carbocycles. The van der Waals surface area contributed by atoms with Crippen molar-refractivity contribution in [3.05, 3.63) is 42.7 Å². The van der Waals surface area contributed by atoms with Gasteiger partial charge in [-0.3, -0.25) is 4.79 Å². The average Bonchev–Trinajstić information content (AvgIpc) is 2.69. The molecule has 0 saturated carbocycles. The number of carbonyl (C=O) groups excluding carboxylic acids is 1. The van der Waals surface area contributed by atoms with Crippen LogP contribution in [0.4, 0.5) is 0 Å². The Morgan fingerprint density at radius 3 is 3.06 bits per heavy atom. The number of benzene rings is 1. The molecular formula is C12H13N3O. The Labute approximate surface area is 93.4 Å². The van der Waals surface area contributed by atoms with Gasteiger partial charge in [-0.2, -0.15) is 0 Å². The fourth-order valence-corrected chi connectivity index (χ4v) is 1.47. The first-order chi connectivity index (χ1) is 7.79. The second-order valence-electron chi connectivity index (χ2n) is 3.47. The van der Waals surface area contributed by atoms with Gasteiger partial charge in [-0.15, -0.1) is 6.58 Å². The third kappa shape index (κ3) is 2.28. The fourth-order valence-electron chi connectivity index (χ4n) is 1.47. The molecule has 0 atom stereocenters. The Hall–Kier alpha value is -2.10. The maximum atomic E-state index is 11.2. The first kappa shape index (κ1) is 10.4. The van der Waals surface area contributed by atoms with Crippen LogP contribution < -0.4 is 5.32 Å². The quantitative estimate of drug-likeness (QED) is 0.763. The van der Waals surface area contributed by atoms with Crippen LogP contribution in [0.2, 0.25) is 0 Å². The SMILES string of the molecule is C=CCC(=O)NCc1nc2ccccc2[nH]1. The van der Waals surface area contributed by atoms with Gasteiger partial charge in [-0.1, -0.05) is 18.2 Å². The molecule has 4 heteroatoms. The van der Waals surface area contributed by atoms with Gasteiger partial charge in [0.15, 0.2) is 0 Å². The number of amides is 1. The molecular weight excluding hydrogens is 202 g/mol. The van der Waals surface area contributed by atoms with E-state index in [4.69, 9.17) is 0 Å². The predicted molar refractivity (Wildman–Crippen MR) is 62.8 cm³/mol. The second-order valence-corrected chi connectivity index (χ2v) is 3.47. The summed E-state index contributed by atoms with van der Waals surface area (Å²) in [5.41, 5.74) is 1.89. The first-order valence-electron chi connectivity index (χ1n) is 5.11. The number of nitrogens with one attached hydrogen (secondary N) is 2. The van der Waals surface area contributed by atoms with E-state index in [0.717, 1.165) is 16.9 Å². The van der Waals surface area contributed by atoms with Crippen molar-refractivity contribution < 1.29 is 4.79 Å². The monoisotopic (exact) mass is 215 g/mol. The molecule has 16 heavy (non-hydrogen) atoms. The summed E-state index contributed by atoms with van der Waals surface area (Å²) in [5.74, 6) is 0.717. The largest absolute Gasteiger partial charge is 0.349 e. The summed E-state index contributed by atoms with van der Waals surface area (Å²) >= 11 is 0. The van der Waals surface area contributed by atoms with Gasteiger partial charge in [0, 0.05) is 6.42 Å². The highest BCUT2D eigenvalue weighted by Gasteiger charge is 2.03. The average molecular weight is 215 g/mol. The van der Waals surface area contributed by atoms with E-state index in [1.807, 2.05) is 24.3 Å². The second kappa shape index (κ2) is 4.61. The van der Waals surface area contributed by atoms with Crippen molar-refractivity contribution in [3.8, 4) is 0 Å². The molecule has 0 aliphatic carbocycles. The summed E-state index contributed by atoms with van der Waals surface area (Å²) in [5, 5.41) is 2.76. The molecule has 0 radical (unpaired) electrons. The zero-order chi connectivity index (χ0) is 11.4. The minimum Gasteiger partial charge on any atom is -0.349 e. The number of carbonyl (C=O) groups is 1. The summed E-state index contributed by atoms with van der Waals surface area (Å²) in [7, 11) is 0. The highest BCUT2D eigenvalue weighted by molar-refractivity contribution is 5.77. The zero-order valence-electron chi connectivity index (χ0n) is 8.86. The van der Waals surface area contributed by atoms with Crippen molar-refractivity contribution in [3.63, 3.8) is 0 Å². The van der Waals surface area contributed by atoms with Crippen LogP contribution in [0.1, 0.15) is 12.2 Å². The molecule has 2 rings (SSSR count). The van der Waals surface area contributed by atoms with Crippen LogP contribution in [0.25, 0.3) is 11.0 Å². The molecule has 0 spiro atoms. The number of nitrogens with zero attached hydrogens (tertiary/aromatic N) is 1. The van der Waals surface area contributed by atoms with E-state index in [0.29, 0.717) is 13.0 Å². The van der Waals surface area contributed by atoms with Gasteiger partial charge in [0.2, 0.25) is 5.91 Å². The van der Waals surface area contributed by atoms with E-state index >= 15 is 0 Å². The standard InChI is InChI=1S/C12H13N3O/c1-2-5-12(16)13-8-11-14-9-6-3-4-7-10(9)15-11/h2-4,6-7H,1,5,8H2,(H,13,16)(H,14,15). The minimum absolute atomic E-state index is 0.0459. The third-order valence-electron chi connectivity index (χ3n) is 2.22. The summed E-state index contributed by atoms with van der Waals surface area (Å²) in [4.78, 5) is 18.7. The van der Waals surface area contributed by atoms with Crippen molar-refractivity contribution in [2.24, 2.45) is 0 Å². The molecule has 4 nitrogen and oxygen atoms in total. The molecule has 0 unspecified atom stereocenters. The van der Waals surface area contributed by atoms with E-state index in [2.05, 4.69) is 21.9 Å². The lowest BCUT2D eigenvalue weighted by atomic mass is 10.3. The Balaban J connectivity index is 2.04. The Kier molecular flexibility index (Phi) is 3.00. The van der Waals surface area contributed by atoms with Crippen LogP contribution in [0.15, 0.2) is 36.9 Å². The van der Waals surface area contributed by atoms with E-state index in [1.54, 1.807) is 6.08 Å². The third-order valence-corrected chi connectivity index (χ3v) is 2.22. The number of imidazole rings is 1. The number of fused-ring (bicyclic) bond motifs is 1. The Morgan fingerprint density at radius 2 is 2.31 bits per heavy atom. The van der Waals surface area contributed by atoms with Gasteiger partial charge < -0.3 is 10.3 Å². The number of para-hydroxylation sites is 2. The predicted octanol–water partition coefficient (Wildman–Crippen LogP) is 1.76. The molecule has 0 bridgehead atoms. The number of aromatic nitrogens is 2.